The van der Waals surface area contributed by atoms with Crippen molar-refractivity contribution in [2.45, 2.75) is 206 Å². The zero-order valence-corrected chi connectivity index (χ0v) is 34.0. The number of likely N-dealkylation sites (N-methyl/N-ethyl adjacent to an activating group) is 1. The molecule has 0 saturated heterocycles. The van der Waals surface area contributed by atoms with E-state index in [2.05, 4.69) is 13.8 Å². The Bertz CT molecular complexity index is 776. The molecular weight excluding hydrogens is 637 g/mol. The Hall–Kier alpha value is -0.500. The van der Waals surface area contributed by atoms with Crippen molar-refractivity contribution in [2.75, 3.05) is 47.5 Å². The molecule has 0 aromatic carbocycles. The van der Waals surface area contributed by atoms with Gasteiger partial charge in [0, 0.05) is 13.0 Å². The van der Waals surface area contributed by atoms with Crippen LogP contribution in [0.2, 0.25) is 0 Å². The van der Waals surface area contributed by atoms with Gasteiger partial charge in [-0.05, 0) is 12.8 Å². The highest BCUT2D eigenvalue weighted by Crippen LogP contribution is 2.44. The number of carbonyl (C=O) groups is 1. The third kappa shape index (κ3) is 33.1. The molecule has 8 nitrogen and oxygen atoms in total. The summed E-state index contributed by atoms with van der Waals surface area (Å²) in [6.07, 6.45) is 32.8. The lowest BCUT2D eigenvalue weighted by molar-refractivity contribution is -0.872. The van der Waals surface area contributed by atoms with E-state index in [1.807, 2.05) is 21.1 Å². The standard InChI is InChI=1S/C40H82NO7P/c1-6-8-10-12-14-16-18-20-22-24-26-28-30-32-34-46-40(35-41(3,4)5)49(44,45)47-37-38(36-42)48-39(43)33-31-29-27-25-23-21-19-17-15-13-11-9-7-2/h38,40,42H,6-37H2,1-5H3/t38-,40?/m1/s1. The van der Waals surface area contributed by atoms with E-state index in [-0.39, 0.29) is 13.0 Å². The highest BCUT2D eigenvalue weighted by atomic mass is 31.2. The maximum Gasteiger partial charge on any atom is 0.306 e. The van der Waals surface area contributed by atoms with Crippen molar-refractivity contribution in [3.8, 4) is 0 Å². The van der Waals surface area contributed by atoms with Gasteiger partial charge in [0.25, 0.3) is 0 Å². The molecule has 0 radical (unpaired) electrons. The molecule has 0 aliphatic rings. The molecule has 294 valence electrons. The zero-order chi connectivity index (χ0) is 36.5. The van der Waals surface area contributed by atoms with E-state index in [9.17, 15) is 19.4 Å². The van der Waals surface area contributed by atoms with E-state index in [1.54, 1.807) is 0 Å². The van der Waals surface area contributed by atoms with Crippen LogP contribution in [0.3, 0.4) is 0 Å². The van der Waals surface area contributed by atoms with Gasteiger partial charge in [0.05, 0.1) is 34.4 Å². The fraction of sp³-hybridized carbons (Fsp3) is 0.975. The van der Waals surface area contributed by atoms with Gasteiger partial charge in [0.2, 0.25) is 0 Å². The first-order chi connectivity index (χ1) is 23.6. The Balaban J connectivity index is 4.19. The molecule has 0 rings (SSSR count). The van der Waals surface area contributed by atoms with Gasteiger partial charge in [0.15, 0.2) is 13.4 Å². The van der Waals surface area contributed by atoms with Crippen LogP contribution in [0, 0.1) is 0 Å². The summed E-state index contributed by atoms with van der Waals surface area (Å²) in [5.74, 6) is -1.53. The van der Waals surface area contributed by atoms with Crippen LogP contribution in [0.4, 0.5) is 0 Å². The summed E-state index contributed by atoms with van der Waals surface area (Å²) in [7, 11) is 1.30. The number of unbranched alkanes of at least 4 members (excludes halogenated alkanes) is 25. The average Bonchev–Trinajstić information content (AvgIpc) is 3.05. The van der Waals surface area contributed by atoms with E-state index in [1.165, 1.54) is 135 Å². The van der Waals surface area contributed by atoms with Gasteiger partial charge in [-0.3, -0.25) is 4.79 Å². The monoisotopic (exact) mass is 720 g/mol. The molecule has 0 fully saturated rings. The predicted octanol–water partition coefficient (Wildman–Crippen LogP) is 10.5. The van der Waals surface area contributed by atoms with Crippen LogP contribution in [0.15, 0.2) is 0 Å². The fourth-order valence-corrected chi connectivity index (χ4v) is 7.67. The van der Waals surface area contributed by atoms with Crippen LogP contribution in [-0.4, -0.2) is 75.0 Å². The Kier molecular flexibility index (Phi) is 33.0. The lowest BCUT2D eigenvalue weighted by Gasteiger charge is -2.36. The van der Waals surface area contributed by atoms with Crippen molar-refractivity contribution in [3.63, 3.8) is 0 Å². The number of nitrogens with zero attached hydrogens (tertiary/aromatic N) is 1. The summed E-state index contributed by atoms with van der Waals surface area (Å²) in [6, 6.07) is 0. The normalized spacial score (nSPS) is 14.5. The van der Waals surface area contributed by atoms with Gasteiger partial charge in [-0.25, -0.2) is 0 Å². The first-order valence-electron chi connectivity index (χ1n) is 20.7. The summed E-state index contributed by atoms with van der Waals surface area (Å²) in [4.78, 5) is 25.5. The van der Waals surface area contributed by atoms with Crippen molar-refractivity contribution < 1.29 is 37.8 Å². The lowest BCUT2D eigenvalue weighted by atomic mass is 10.0. The lowest BCUT2D eigenvalue weighted by Crippen LogP contribution is -2.44. The molecule has 0 spiro atoms. The fourth-order valence-electron chi connectivity index (χ4n) is 6.15. The molecule has 0 aliphatic carbocycles. The zero-order valence-electron chi connectivity index (χ0n) is 33.1. The minimum atomic E-state index is -4.44. The van der Waals surface area contributed by atoms with Gasteiger partial charge in [0.1, 0.15) is 12.6 Å². The molecule has 0 amide bonds. The first-order valence-corrected chi connectivity index (χ1v) is 22.3. The number of esters is 1. The molecule has 0 aliphatic heterocycles. The smallest absolute Gasteiger partial charge is 0.306 e. The van der Waals surface area contributed by atoms with Gasteiger partial charge < -0.3 is 33.0 Å². The molecule has 0 bridgehead atoms. The van der Waals surface area contributed by atoms with Crippen molar-refractivity contribution in [2.24, 2.45) is 0 Å². The van der Waals surface area contributed by atoms with Gasteiger partial charge in [-0.15, -0.1) is 0 Å². The van der Waals surface area contributed by atoms with Crippen LogP contribution in [-0.2, 0) is 23.4 Å². The summed E-state index contributed by atoms with van der Waals surface area (Å²) >= 11 is 0. The topological polar surface area (TPSA) is 105 Å². The number of quaternary nitrogens is 1. The molecule has 0 aromatic heterocycles. The summed E-state index contributed by atoms with van der Waals surface area (Å²) in [5.41, 5.74) is 0. The number of ether oxygens (including phenoxy) is 2. The molecule has 3 atom stereocenters. The molecule has 1 N–H and O–H groups in total. The largest absolute Gasteiger partial charge is 0.777 e. The second kappa shape index (κ2) is 33.3. The number of aliphatic hydroxyl groups excluding tert-OH is 1. The Labute approximate surface area is 303 Å². The van der Waals surface area contributed by atoms with E-state index in [4.69, 9.17) is 14.0 Å². The van der Waals surface area contributed by atoms with Gasteiger partial charge in [-0.2, -0.15) is 0 Å². The quantitative estimate of drug-likeness (QED) is 0.0293. The molecule has 9 heteroatoms. The minimum Gasteiger partial charge on any atom is -0.777 e. The number of carbonyl (C=O) groups excluding carboxylic acids is 1. The number of aliphatic hydroxyl groups is 1. The molecule has 2 unspecified atom stereocenters. The molecule has 0 saturated carbocycles. The maximum atomic E-state index is 13.2. The number of hydrogen-bond acceptors (Lipinski definition) is 7. The van der Waals surface area contributed by atoms with Crippen LogP contribution in [0.5, 0.6) is 0 Å². The Morgan fingerprint density at radius 3 is 1.37 bits per heavy atom. The molecule has 0 aromatic rings. The van der Waals surface area contributed by atoms with Gasteiger partial charge in [-0.1, -0.05) is 174 Å². The van der Waals surface area contributed by atoms with E-state index >= 15 is 0 Å². The summed E-state index contributed by atoms with van der Waals surface area (Å²) in [5, 5.41) is 9.75. The SMILES string of the molecule is CCCCCCCCCCCCCCCCOC(C[N+](C)(C)C)P(=O)([O-])OC[C@@H](CO)OC(=O)CCCCCCCCCCCCCCC. The molecule has 49 heavy (non-hydrogen) atoms. The van der Waals surface area contributed by atoms with Crippen molar-refractivity contribution in [3.05, 3.63) is 0 Å². The Morgan fingerprint density at radius 2 is 1.00 bits per heavy atom. The molecular formula is C40H82NO7P. The molecule has 0 heterocycles. The first kappa shape index (κ1) is 48.5. The van der Waals surface area contributed by atoms with Crippen LogP contribution < -0.4 is 4.89 Å². The third-order valence-electron chi connectivity index (χ3n) is 9.29. The summed E-state index contributed by atoms with van der Waals surface area (Å²) in [6.45, 7) is 4.20. The number of hydrogen-bond donors (Lipinski definition) is 1. The second-order valence-electron chi connectivity index (χ2n) is 15.5. The predicted molar refractivity (Wildman–Crippen MR) is 204 cm³/mol. The highest BCUT2D eigenvalue weighted by Gasteiger charge is 2.31. The van der Waals surface area contributed by atoms with Crippen molar-refractivity contribution >= 4 is 13.6 Å². The third-order valence-corrected chi connectivity index (χ3v) is 10.8. The van der Waals surface area contributed by atoms with Crippen molar-refractivity contribution in [1.29, 1.82) is 0 Å². The van der Waals surface area contributed by atoms with Gasteiger partial charge >= 0.3 is 5.97 Å². The average molecular weight is 720 g/mol. The van der Waals surface area contributed by atoms with Crippen LogP contribution >= 0.6 is 7.60 Å². The van der Waals surface area contributed by atoms with E-state index in [0.29, 0.717) is 11.1 Å². The number of rotatable bonds is 38. The highest BCUT2D eigenvalue weighted by molar-refractivity contribution is 7.52. The van der Waals surface area contributed by atoms with Crippen LogP contribution in [0.1, 0.15) is 194 Å². The maximum absolute atomic E-state index is 13.2. The van der Waals surface area contributed by atoms with E-state index in [0.717, 1.165) is 38.5 Å². The van der Waals surface area contributed by atoms with Crippen LogP contribution in [0.25, 0.3) is 0 Å². The minimum absolute atomic E-state index is 0.238. The van der Waals surface area contributed by atoms with Crippen molar-refractivity contribution in [1.82, 2.24) is 0 Å². The Morgan fingerprint density at radius 1 is 0.633 bits per heavy atom. The second-order valence-corrected chi connectivity index (χ2v) is 17.4. The van der Waals surface area contributed by atoms with E-state index < -0.39 is 38.7 Å². The summed E-state index contributed by atoms with van der Waals surface area (Å²) < 4.78 is 30.1.